The lowest BCUT2D eigenvalue weighted by atomic mass is 9.74. The minimum atomic E-state index is -0.248. The largest absolute Gasteiger partial charge is 0.364 e. The summed E-state index contributed by atoms with van der Waals surface area (Å²) in [7, 11) is 0. The number of benzene rings is 2. The predicted octanol–water partition coefficient (Wildman–Crippen LogP) is 6.35. The van der Waals surface area contributed by atoms with Crippen LogP contribution in [0.4, 0.5) is 10.2 Å². The Balaban J connectivity index is 0.000000271. The fourth-order valence-electron chi connectivity index (χ4n) is 4.73. The lowest BCUT2D eigenvalue weighted by molar-refractivity contribution is 0.135. The van der Waals surface area contributed by atoms with E-state index in [0.717, 1.165) is 21.9 Å². The highest BCUT2D eigenvalue weighted by Gasteiger charge is 2.34. The predicted molar refractivity (Wildman–Crippen MR) is 137 cm³/mol. The first-order chi connectivity index (χ1) is 16.3. The molecule has 0 spiro atoms. The van der Waals surface area contributed by atoms with Gasteiger partial charge in [0.05, 0.1) is 17.3 Å². The van der Waals surface area contributed by atoms with Gasteiger partial charge in [-0.15, -0.1) is 5.10 Å². The van der Waals surface area contributed by atoms with E-state index in [2.05, 4.69) is 40.7 Å². The number of rotatable bonds is 7. The van der Waals surface area contributed by atoms with Crippen molar-refractivity contribution in [3.8, 4) is 6.07 Å². The summed E-state index contributed by atoms with van der Waals surface area (Å²) >= 11 is 0. The van der Waals surface area contributed by atoms with Crippen molar-refractivity contribution >= 4 is 16.6 Å². The molecule has 1 aromatic heterocycles. The molecule has 6 heteroatoms. The molecule has 5 nitrogen and oxygen atoms in total. The highest BCUT2D eigenvalue weighted by atomic mass is 19.1. The highest BCUT2D eigenvalue weighted by molar-refractivity contribution is 5.93. The summed E-state index contributed by atoms with van der Waals surface area (Å²) in [4.78, 5) is 0. The molecule has 1 aliphatic heterocycles. The van der Waals surface area contributed by atoms with E-state index in [1.807, 2.05) is 26.0 Å². The van der Waals surface area contributed by atoms with Crippen LogP contribution in [0.25, 0.3) is 10.8 Å². The van der Waals surface area contributed by atoms with Gasteiger partial charge in [0, 0.05) is 30.4 Å². The SMILES string of the molecule is CCCC1(CCC)CNC1.Cc1cc2c(NCc3cccc(C#N)c3C)nnc(C)c2cc1F. The quantitative estimate of drug-likeness (QED) is 0.429. The third kappa shape index (κ3) is 5.71. The molecule has 3 aromatic rings. The van der Waals surface area contributed by atoms with Crippen LogP contribution in [0, 0.1) is 43.3 Å². The number of hydrogen-bond acceptors (Lipinski definition) is 5. The van der Waals surface area contributed by atoms with Crippen molar-refractivity contribution in [3.05, 3.63) is 64.1 Å². The second-order valence-corrected chi connectivity index (χ2v) is 9.44. The average molecular weight is 462 g/mol. The molecule has 1 saturated heterocycles. The lowest BCUT2D eigenvalue weighted by Crippen LogP contribution is -2.53. The molecule has 1 fully saturated rings. The number of nitrogens with one attached hydrogen (secondary N) is 2. The first-order valence-corrected chi connectivity index (χ1v) is 12.2. The van der Waals surface area contributed by atoms with E-state index in [4.69, 9.17) is 5.26 Å². The van der Waals surface area contributed by atoms with Gasteiger partial charge in [-0.2, -0.15) is 10.4 Å². The molecule has 4 rings (SSSR count). The monoisotopic (exact) mass is 461 g/mol. The third-order valence-corrected chi connectivity index (χ3v) is 6.82. The Bertz CT molecular complexity index is 1170. The van der Waals surface area contributed by atoms with Crippen LogP contribution < -0.4 is 10.6 Å². The summed E-state index contributed by atoms with van der Waals surface area (Å²) in [6.07, 6.45) is 5.55. The maximum absolute atomic E-state index is 13.8. The second kappa shape index (κ2) is 11.4. The smallest absolute Gasteiger partial charge is 0.156 e. The van der Waals surface area contributed by atoms with Gasteiger partial charge in [-0.05, 0) is 73.9 Å². The van der Waals surface area contributed by atoms with Gasteiger partial charge >= 0.3 is 0 Å². The summed E-state index contributed by atoms with van der Waals surface area (Å²) in [5.74, 6) is 0.363. The van der Waals surface area contributed by atoms with Gasteiger partial charge in [-0.3, -0.25) is 0 Å². The van der Waals surface area contributed by atoms with Gasteiger partial charge in [0.2, 0.25) is 0 Å². The molecule has 180 valence electrons. The van der Waals surface area contributed by atoms with Crippen molar-refractivity contribution in [1.29, 1.82) is 5.26 Å². The van der Waals surface area contributed by atoms with Gasteiger partial charge in [0.25, 0.3) is 0 Å². The Morgan fingerprint density at radius 2 is 1.76 bits per heavy atom. The molecule has 2 heterocycles. The Kier molecular flexibility index (Phi) is 8.57. The highest BCUT2D eigenvalue weighted by Crippen LogP contribution is 2.33. The maximum atomic E-state index is 13.8. The topological polar surface area (TPSA) is 73.6 Å². The number of anilines is 1. The van der Waals surface area contributed by atoms with Crippen molar-refractivity contribution in [2.45, 2.75) is 66.8 Å². The number of hydrogen-bond donors (Lipinski definition) is 2. The molecule has 0 unspecified atom stereocenters. The van der Waals surface area contributed by atoms with Gasteiger partial charge < -0.3 is 10.6 Å². The molecular weight excluding hydrogens is 425 g/mol. The van der Waals surface area contributed by atoms with Crippen molar-refractivity contribution in [1.82, 2.24) is 15.5 Å². The minimum Gasteiger partial charge on any atom is -0.364 e. The second-order valence-electron chi connectivity index (χ2n) is 9.44. The Morgan fingerprint density at radius 3 is 2.35 bits per heavy atom. The van der Waals surface area contributed by atoms with E-state index in [-0.39, 0.29) is 5.82 Å². The van der Waals surface area contributed by atoms with Crippen molar-refractivity contribution in [2.75, 3.05) is 18.4 Å². The van der Waals surface area contributed by atoms with Crippen molar-refractivity contribution in [3.63, 3.8) is 0 Å². The average Bonchev–Trinajstić information content (AvgIpc) is 2.80. The van der Waals surface area contributed by atoms with E-state index >= 15 is 0 Å². The third-order valence-electron chi connectivity index (χ3n) is 6.82. The van der Waals surface area contributed by atoms with Crippen LogP contribution in [0.2, 0.25) is 0 Å². The van der Waals surface area contributed by atoms with Crippen LogP contribution >= 0.6 is 0 Å². The van der Waals surface area contributed by atoms with E-state index in [1.54, 1.807) is 19.1 Å². The summed E-state index contributed by atoms with van der Waals surface area (Å²) < 4.78 is 13.8. The summed E-state index contributed by atoms with van der Waals surface area (Å²) in [5, 5.41) is 25.7. The molecule has 2 aromatic carbocycles. The number of aryl methyl sites for hydroxylation is 2. The number of nitriles is 1. The van der Waals surface area contributed by atoms with Gasteiger partial charge in [-0.25, -0.2) is 4.39 Å². The van der Waals surface area contributed by atoms with Gasteiger partial charge in [0.1, 0.15) is 5.82 Å². The van der Waals surface area contributed by atoms with Crippen LogP contribution in [-0.2, 0) is 6.54 Å². The van der Waals surface area contributed by atoms with E-state index < -0.39 is 0 Å². The zero-order chi connectivity index (χ0) is 24.7. The van der Waals surface area contributed by atoms with Crippen LogP contribution in [0.3, 0.4) is 0 Å². The van der Waals surface area contributed by atoms with Crippen LogP contribution in [0.5, 0.6) is 0 Å². The molecule has 0 saturated carbocycles. The van der Waals surface area contributed by atoms with Crippen LogP contribution in [-0.4, -0.2) is 23.3 Å². The molecule has 0 radical (unpaired) electrons. The first kappa shape index (κ1) is 25.6. The molecule has 0 bridgehead atoms. The van der Waals surface area contributed by atoms with Crippen molar-refractivity contribution < 1.29 is 4.39 Å². The molecule has 0 atom stereocenters. The summed E-state index contributed by atoms with van der Waals surface area (Å²) in [6, 6.07) is 11.1. The number of nitrogens with zero attached hydrogens (tertiary/aromatic N) is 3. The molecule has 2 N–H and O–H groups in total. The van der Waals surface area contributed by atoms with E-state index in [1.165, 1.54) is 44.8 Å². The van der Waals surface area contributed by atoms with Crippen LogP contribution in [0.1, 0.15) is 67.5 Å². The van der Waals surface area contributed by atoms with E-state index in [9.17, 15) is 4.39 Å². The fraction of sp³-hybridized carbons (Fsp3) is 0.464. The maximum Gasteiger partial charge on any atom is 0.156 e. The standard InChI is InChI=1S/C19H17FN4.C9H19N/c1-11-7-17-16(8-18(11)20)13(3)23-24-19(17)22-10-15-6-4-5-14(9-21)12(15)2;1-3-5-9(6-4-2)7-10-8-9/h4-8H,10H2,1-3H3,(H,22,24);10H,3-8H2,1-2H3. The van der Waals surface area contributed by atoms with Crippen LogP contribution in [0.15, 0.2) is 30.3 Å². The minimum absolute atomic E-state index is 0.248. The Labute approximate surface area is 202 Å². The normalized spacial score (nSPS) is 14.0. The summed E-state index contributed by atoms with van der Waals surface area (Å²) in [5.41, 5.74) is 4.59. The number of aromatic nitrogens is 2. The zero-order valence-corrected chi connectivity index (χ0v) is 21.1. The molecule has 0 amide bonds. The fourth-order valence-corrected chi connectivity index (χ4v) is 4.73. The van der Waals surface area contributed by atoms with Gasteiger partial charge in [-0.1, -0.05) is 38.8 Å². The van der Waals surface area contributed by atoms with Gasteiger partial charge in [0.15, 0.2) is 5.82 Å². The Morgan fingerprint density at radius 1 is 1.06 bits per heavy atom. The summed E-state index contributed by atoms with van der Waals surface area (Å²) in [6.45, 7) is 13.1. The zero-order valence-electron chi connectivity index (χ0n) is 21.1. The molecule has 1 aliphatic rings. The lowest BCUT2D eigenvalue weighted by Gasteiger charge is -2.42. The Hall–Kier alpha value is -3.04. The first-order valence-electron chi connectivity index (χ1n) is 12.2. The van der Waals surface area contributed by atoms with E-state index in [0.29, 0.717) is 34.6 Å². The molecule has 34 heavy (non-hydrogen) atoms. The molecule has 0 aliphatic carbocycles. The van der Waals surface area contributed by atoms with Crippen molar-refractivity contribution in [2.24, 2.45) is 5.41 Å². The number of fused-ring (bicyclic) bond motifs is 1. The molecular formula is C28H36FN5. The number of halogens is 1.